The maximum Gasteiger partial charge on any atom is 0.328 e. The van der Waals surface area contributed by atoms with E-state index in [0.29, 0.717) is 40.2 Å². The summed E-state index contributed by atoms with van der Waals surface area (Å²) in [6, 6.07) is 18.5. The average Bonchev–Trinajstić information content (AvgIpc) is 3.66. The van der Waals surface area contributed by atoms with Gasteiger partial charge in [0.2, 0.25) is 11.8 Å². The van der Waals surface area contributed by atoms with Crippen LogP contribution >= 0.6 is 0 Å². The van der Waals surface area contributed by atoms with E-state index in [9.17, 15) is 29.3 Å². The van der Waals surface area contributed by atoms with Gasteiger partial charge in [0.15, 0.2) is 0 Å². The quantitative estimate of drug-likeness (QED) is 0.120. The number of rotatable bonds is 9. The number of nitro benzene ring substituents is 1. The molecule has 3 aromatic rings. The van der Waals surface area contributed by atoms with Crippen LogP contribution in [0.3, 0.4) is 0 Å². The SMILES string of the molecule is CN1C(=O)NC(=O)C1=Cc1ccc(N=C(c2ccc(CCCN3CCCC3=O)cc2)C2C(=O)Nc3ccc([N+](=O)[O-])cc32)cc1. The Hall–Kier alpha value is -5.65. The van der Waals surface area contributed by atoms with Gasteiger partial charge in [-0.2, -0.15) is 0 Å². The number of nitrogens with one attached hydrogen (secondary N) is 2. The van der Waals surface area contributed by atoms with Crippen molar-refractivity contribution in [3.05, 3.63) is 105 Å². The highest BCUT2D eigenvalue weighted by Gasteiger charge is 2.37. The molecule has 2 fully saturated rings. The van der Waals surface area contributed by atoms with Gasteiger partial charge in [-0.25, -0.2) is 4.79 Å². The fourth-order valence-electron chi connectivity index (χ4n) is 5.80. The van der Waals surface area contributed by atoms with Gasteiger partial charge >= 0.3 is 6.03 Å². The molecule has 3 aromatic carbocycles. The molecule has 0 aliphatic carbocycles. The summed E-state index contributed by atoms with van der Waals surface area (Å²) in [5.41, 5.74) is 4.42. The van der Waals surface area contributed by atoms with Crippen molar-refractivity contribution in [1.29, 1.82) is 0 Å². The lowest BCUT2D eigenvalue weighted by Crippen LogP contribution is -2.25. The first kappa shape index (κ1) is 29.4. The molecule has 12 heteroatoms. The number of likely N-dealkylation sites (tertiary alicyclic amines) is 1. The van der Waals surface area contributed by atoms with Crippen molar-refractivity contribution in [3.63, 3.8) is 0 Å². The van der Waals surface area contributed by atoms with Crippen LogP contribution in [-0.4, -0.2) is 64.3 Å². The number of hydrogen-bond donors (Lipinski definition) is 2. The van der Waals surface area contributed by atoms with E-state index in [4.69, 9.17) is 4.99 Å². The van der Waals surface area contributed by atoms with E-state index in [1.54, 1.807) is 30.3 Å². The molecular weight excluding hydrogens is 576 g/mol. The first-order valence-corrected chi connectivity index (χ1v) is 14.6. The van der Waals surface area contributed by atoms with Crippen molar-refractivity contribution in [1.82, 2.24) is 15.1 Å². The number of fused-ring (bicyclic) bond motifs is 1. The topological polar surface area (TPSA) is 154 Å². The summed E-state index contributed by atoms with van der Waals surface area (Å²) >= 11 is 0. The van der Waals surface area contributed by atoms with E-state index in [1.165, 1.54) is 30.1 Å². The van der Waals surface area contributed by atoms with Crippen LogP contribution in [0.25, 0.3) is 6.08 Å². The molecule has 228 valence electrons. The number of nitro groups is 1. The van der Waals surface area contributed by atoms with E-state index in [1.807, 2.05) is 29.2 Å². The largest absolute Gasteiger partial charge is 0.343 e. The summed E-state index contributed by atoms with van der Waals surface area (Å²) in [5.74, 6) is -1.52. The molecule has 6 rings (SSSR count). The summed E-state index contributed by atoms with van der Waals surface area (Å²) < 4.78 is 0. The van der Waals surface area contributed by atoms with Crippen molar-refractivity contribution in [2.24, 2.45) is 4.99 Å². The number of carbonyl (C=O) groups excluding carboxylic acids is 4. The molecule has 2 N–H and O–H groups in total. The molecular formula is C33H30N6O6. The van der Waals surface area contributed by atoms with Crippen molar-refractivity contribution in [2.45, 2.75) is 31.6 Å². The molecule has 45 heavy (non-hydrogen) atoms. The zero-order chi connectivity index (χ0) is 31.7. The number of aliphatic imine (C=N–C) groups is 1. The second-order valence-electron chi connectivity index (χ2n) is 11.2. The standard InChI is InChI=1S/C33H30N6O6/c1-37-27(31(41)36-33(37)43)18-21-8-12-23(13-9-21)34-30(29-25-19-24(39(44)45)14-15-26(25)35-32(29)42)22-10-6-20(7-11-22)4-2-16-38-17-3-5-28(38)40/h6-15,18-19,29H,2-5,16-17H2,1H3,(H,35,42)(H,36,41,43). The van der Waals surface area contributed by atoms with E-state index < -0.39 is 22.8 Å². The molecule has 1 unspecified atom stereocenters. The third-order valence-electron chi connectivity index (χ3n) is 8.23. The van der Waals surface area contributed by atoms with Gasteiger partial charge in [0.05, 0.1) is 16.3 Å². The fourth-order valence-corrected chi connectivity index (χ4v) is 5.80. The third-order valence-corrected chi connectivity index (χ3v) is 8.23. The average molecular weight is 607 g/mol. The Morgan fingerprint density at radius 3 is 2.42 bits per heavy atom. The highest BCUT2D eigenvalue weighted by molar-refractivity contribution is 6.24. The van der Waals surface area contributed by atoms with E-state index >= 15 is 0 Å². The number of aryl methyl sites for hydroxylation is 1. The lowest BCUT2D eigenvalue weighted by Gasteiger charge is -2.16. The number of anilines is 1. The Bertz CT molecular complexity index is 1780. The lowest BCUT2D eigenvalue weighted by molar-refractivity contribution is -0.384. The van der Waals surface area contributed by atoms with E-state index in [0.717, 1.165) is 37.9 Å². The van der Waals surface area contributed by atoms with Crippen LogP contribution in [0.4, 0.5) is 21.9 Å². The smallest absolute Gasteiger partial charge is 0.328 e. The van der Waals surface area contributed by atoms with Crippen molar-refractivity contribution in [3.8, 4) is 0 Å². The lowest BCUT2D eigenvalue weighted by atomic mass is 9.89. The number of carbonyl (C=O) groups is 4. The molecule has 2 saturated heterocycles. The third kappa shape index (κ3) is 6.07. The maximum atomic E-state index is 13.3. The fraction of sp³-hybridized carbons (Fsp3) is 0.242. The molecule has 0 saturated carbocycles. The minimum absolute atomic E-state index is 0.127. The van der Waals surface area contributed by atoms with Crippen LogP contribution in [0.1, 0.15) is 47.4 Å². The monoisotopic (exact) mass is 606 g/mol. The number of non-ortho nitro benzene ring substituents is 1. The number of hydrogen-bond acceptors (Lipinski definition) is 7. The zero-order valence-corrected chi connectivity index (χ0v) is 24.5. The maximum absolute atomic E-state index is 13.3. The van der Waals surface area contributed by atoms with Gasteiger partial charge in [-0.05, 0) is 60.2 Å². The Morgan fingerprint density at radius 2 is 1.78 bits per heavy atom. The summed E-state index contributed by atoms with van der Waals surface area (Å²) in [6.07, 6.45) is 4.74. The molecule has 0 bridgehead atoms. The van der Waals surface area contributed by atoms with Gasteiger partial charge in [-0.1, -0.05) is 36.4 Å². The van der Waals surface area contributed by atoms with Crippen LogP contribution in [0.15, 0.2) is 77.4 Å². The van der Waals surface area contributed by atoms with Gasteiger partial charge in [0.25, 0.3) is 11.6 Å². The van der Waals surface area contributed by atoms with Crippen molar-refractivity contribution < 1.29 is 24.1 Å². The highest BCUT2D eigenvalue weighted by atomic mass is 16.6. The summed E-state index contributed by atoms with van der Waals surface area (Å²) in [6.45, 7) is 1.53. The molecule has 0 aromatic heterocycles. The Morgan fingerprint density at radius 1 is 1.02 bits per heavy atom. The summed E-state index contributed by atoms with van der Waals surface area (Å²) in [5, 5.41) is 16.6. The molecule has 0 radical (unpaired) electrons. The van der Waals surface area contributed by atoms with Gasteiger partial charge in [0, 0.05) is 49.9 Å². The Balaban J connectivity index is 1.31. The predicted octanol–water partition coefficient (Wildman–Crippen LogP) is 4.53. The second kappa shape index (κ2) is 12.2. The van der Waals surface area contributed by atoms with Crippen LogP contribution < -0.4 is 10.6 Å². The molecule has 0 spiro atoms. The van der Waals surface area contributed by atoms with Gasteiger partial charge in [-0.15, -0.1) is 0 Å². The Kier molecular flexibility index (Phi) is 7.95. The van der Waals surface area contributed by atoms with Crippen molar-refractivity contribution >= 4 is 52.6 Å². The number of likely N-dealkylation sites (N-methyl/N-ethyl adjacent to an activating group) is 1. The van der Waals surface area contributed by atoms with Crippen LogP contribution in [0.2, 0.25) is 0 Å². The molecule has 3 aliphatic heterocycles. The number of amides is 5. The highest BCUT2D eigenvalue weighted by Crippen LogP contribution is 2.38. The summed E-state index contributed by atoms with van der Waals surface area (Å²) in [7, 11) is 1.51. The van der Waals surface area contributed by atoms with E-state index in [-0.39, 0.29) is 23.2 Å². The minimum atomic E-state index is -0.893. The molecule has 3 aliphatic rings. The first-order valence-electron chi connectivity index (χ1n) is 14.6. The normalized spacial score (nSPS) is 18.9. The number of imide groups is 1. The van der Waals surface area contributed by atoms with Crippen LogP contribution in [0.5, 0.6) is 0 Å². The molecule has 12 nitrogen and oxygen atoms in total. The van der Waals surface area contributed by atoms with Gasteiger partial charge in [0.1, 0.15) is 11.6 Å². The van der Waals surface area contributed by atoms with Gasteiger partial charge in [-0.3, -0.25) is 39.7 Å². The second-order valence-corrected chi connectivity index (χ2v) is 11.2. The molecule has 1 atom stereocenters. The predicted molar refractivity (Wildman–Crippen MR) is 167 cm³/mol. The first-order chi connectivity index (χ1) is 21.7. The number of nitrogens with zero attached hydrogens (tertiary/aromatic N) is 4. The minimum Gasteiger partial charge on any atom is -0.343 e. The van der Waals surface area contributed by atoms with E-state index in [2.05, 4.69) is 10.6 Å². The molecule has 3 heterocycles. The van der Waals surface area contributed by atoms with Crippen molar-refractivity contribution in [2.75, 3.05) is 25.5 Å². The molecule has 5 amide bonds. The summed E-state index contributed by atoms with van der Waals surface area (Å²) in [4.78, 5) is 68.2. The Labute approximate surface area is 258 Å². The van der Waals surface area contributed by atoms with Crippen LogP contribution in [0, 0.1) is 10.1 Å². The van der Waals surface area contributed by atoms with Crippen LogP contribution in [-0.2, 0) is 20.8 Å². The number of urea groups is 1. The zero-order valence-electron chi connectivity index (χ0n) is 24.5. The van der Waals surface area contributed by atoms with Gasteiger partial charge < -0.3 is 10.2 Å². The number of benzene rings is 3.